The molecule has 2 aliphatic heterocycles. The van der Waals surface area contributed by atoms with Gasteiger partial charge < -0.3 is 9.30 Å². The minimum Gasteiger partial charge on any atom is -0.370 e. The third kappa shape index (κ3) is 3.60. The normalized spacial score (nSPS) is 20.7. The van der Waals surface area contributed by atoms with Crippen LogP contribution in [0.3, 0.4) is 0 Å². The molecule has 0 radical (unpaired) electrons. The van der Waals surface area contributed by atoms with Gasteiger partial charge >= 0.3 is 0 Å². The van der Waals surface area contributed by atoms with Crippen LogP contribution in [0, 0.1) is 0 Å². The molecule has 1 atom stereocenters. The Morgan fingerprint density at radius 2 is 1.74 bits per heavy atom. The molecule has 2 aromatic heterocycles. The first-order valence-electron chi connectivity index (χ1n) is 11.4. The molecular formula is C25H27N5O. The molecule has 1 unspecified atom stereocenters. The topological polar surface area (TPSA) is 56.1 Å². The summed E-state index contributed by atoms with van der Waals surface area (Å²) in [7, 11) is 0. The van der Waals surface area contributed by atoms with Gasteiger partial charge in [0, 0.05) is 44.7 Å². The summed E-state index contributed by atoms with van der Waals surface area (Å²) < 4.78 is 8.52. The largest absolute Gasteiger partial charge is 0.370 e. The van der Waals surface area contributed by atoms with E-state index in [1.807, 2.05) is 0 Å². The van der Waals surface area contributed by atoms with Gasteiger partial charge in [0.1, 0.15) is 11.9 Å². The maximum Gasteiger partial charge on any atom is 0.139 e. The fourth-order valence-corrected chi connectivity index (χ4v) is 5.16. The predicted molar refractivity (Wildman–Crippen MR) is 121 cm³/mol. The molecule has 4 heterocycles. The van der Waals surface area contributed by atoms with Crippen LogP contribution >= 0.6 is 0 Å². The molecule has 0 N–H and O–H groups in total. The Hall–Kier alpha value is -2.83. The van der Waals surface area contributed by atoms with E-state index in [1.54, 1.807) is 12.4 Å². The number of hydrogen-bond donors (Lipinski definition) is 0. The highest BCUT2D eigenvalue weighted by Crippen LogP contribution is 2.36. The lowest BCUT2D eigenvalue weighted by Crippen LogP contribution is -2.34. The summed E-state index contributed by atoms with van der Waals surface area (Å²) in [6.07, 6.45) is 8.12. The van der Waals surface area contributed by atoms with Crippen molar-refractivity contribution in [1.82, 2.24) is 24.4 Å². The van der Waals surface area contributed by atoms with Crippen molar-refractivity contribution >= 4 is 22.1 Å². The van der Waals surface area contributed by atoms with Gasteiger partial charge in [-0.25, -0.2) is 4.98 Å². The van der Waals surface area contributed by atoms with Gasteiger partial charge in [-0.3, -0.25) is 14.9 Å². The molecule has 0 amide bonds. The van der Waals surface area contributed by atoms with Crippen LogP contribution in [-0.2, 0) is 11.3 Å². The third-order valence-corrected chi connectivity index (χ3v) is 6.70. The molecule has 0 saturated carbocycles. The average Bonchev–Trinajstić information content (AvgIpc) is 3.48. The first-order chi connectivity index (χ1) is 15.3. The summed E-state index contributed by atoms with van der Waals surface area (Å²) in [4.78, 5) is 16.4. The van der Waals surface area contributed by atoms with Gasteiger partial charge in [-0.1, -0.05) is 18.2 Å². The fourth-order valence-electron chi connectivity index (χ4n) is 5.16. The Labute approximate surface area is 181 Å². The monoisotopic (exact) mass is 413 g/mol. The van der Waals surface area contributed by atoms with Crippen LogP contribution < -0.4 is 0 Å². The van der Waals surface area contributed by atoms with Gasteiger partial charge in [0.15, 0.2) is 0 Å². The Kier molecular flexibility index (Phi) is 4.89. The summed E-state index contributed by atoms with van der Waals surface area (Å²) in [5, 5.41) is 0. The first-order valence-corrected chi connectivity index (χ1v) is 11.4. The molecule has 0 bridgehead atoms. The lowest BCUT2D eigenvalue weighted by atomic mass is 10.0. The van der Waals surface area contributed by atoms with Gasteiger partial charge in [-0.2, -0.15) is 0 Å². The van der Waals surface area contributed by atoms with Gasteiger partial charge in [0.25, 0.3) is 0 Å². The van der Waals surface area contributed by atoms with E-state index in [-0.39, 0.29) is 6.10 Å². The quantitative estimate of drug-likeness (QED) is 0.487. The summed E-state index contributed by atoms with van der Waals surface area (Å²) in [6.45, 7) is 3.98. The predicted octanol–water partition coefficient (Wildman–Crippen LogP) is 4.67. The van der Waals surface area contributed by atoms with Gasteiger partial charge in [0.2, 0.25) is 0 Å². The average molecular weight is 414 g/mol. The number of ether oxygens (including phenoxy) is 1. The molecule has 6 heteroatoms. The fraction of sp³-hybridized carbons (Fsp3) is 0.400. The van der Waals surface area contributed by atoms with Crippen molar-refractivity contribution in [3.8, 4) is 0 Å². The van der Waals surface area contributed by atoms with E-state index in [9.17, 15) is 0 Å². The van der Waals surface area contributed by atoms with E-state index in [0.29, 0.717) is 6.04 Å². The van der Waals surface area contributed by atoms with Crippen LogP contribution in [0.4, 0.5) is 0 Å². The number of nitrogens with zero attached hydrogens (tertiary/aromatic N) is 5. The number of fused-ring (bicyclic) bond motifs is 2. The van der Waals surface area contributed by atoms with E-state index in [0.717, 1.165) is 74.3 Å². The Balaban J connectivity index is 1.21. The molecule has 6 rings (SSSR count). The molecule has 31 heavy (non-hydrogen) atoms. The number of imidazole rings is 1. The molecule has 2 aliphatic rings. The van der Waals surface area contributed by atoms with Gasteiger partial charge in [-0.05, 0) is 55.5 Å². The molecule has 2 aromatic carbocycles. The van der Waals surface area contributed by atoms with E-state index < -0.39 is 0 Å². The smallest absolute Gasteiger partial charge is 0.139 e. The van der Waals surface area contributed by atoms with Crippen LogP contribution in [0.15, 0.2) is 54.9 Å². The van der Waals surface area contributed by atoms with Crippen molar-refractivity contribution in [3.05, 3.63) is 66.2 Å². The summed E-state index contributed by atoms with van der Waals surface area (Å²) >= 11 is 0. The number of para-hydroxylation sites is 2. The van der Waals surface area contributed by atoms with Crippen molar-refractivity contribution in [2.24, 2.45) is 0 Å². The van der Waals surface area contributed by atoms with Crippen molar-refractivity contribution < 1.29 is 4.74 Å². The zero-order valence-electron chi connectivity index (χ0n) is 17.7. The number of aromatic nitrogens is 4. The SMILES string of the molecule is c1ccc2c(c1)nc(C1CCCO1)n2C1CCN(Cc2ccc3nccnc3c2)CC1. The minimum absolute atomic E-state index is 0.143. The third-order valence-electron chi connectivity index (χ3n) is 6.70. The number of likely N-dealkylation sites (tertiary alicyclic amines) is 1. The zero-order valence-corrected chi connectivity index (χ0v) is 17.7. The highest BCUT2D eigenvalue weighted by atomic mass is 16.5. The van der Waals surface area contributed by atoms with Crippen LogP contribution in [0.5, 0.6) is 0 Å². The standard InChI is InChI=1S/C25H27N5O/c1-2-5-23-21(4-1)28-25(24-6-3-15-31-24)30(23)19-9-13-29(14-10-19)17-18-7-8-20-22(16-18)27-12-11-26-20/h1-2,4-5,7-8,11-12,16,19,24H,3,6,9-10,13-15,17H2. The van der Waals surface area contributed by atoms with Crippen LogP contribution in [0.2, 0.25) is 0 Å². The molecule has 4 aromatic rings. The Bertz CT molecular complexity index is 1200. The summed E-state index contributed by atoms with van der Waals surface area (Å²) in [6, 6.07) is 15.5. The molecule has 6 nitrogen and oxygen atoms in total. The van der Waals surface area contributed by atoms with Crippen LogP contribution in [0.25, 0.3) is 22.1 Å². The molecule has 0 aliphatic carbocycles. The molecule has 2 fully saturated rings. The van der Waals surface area contributed by atoms with Crippen LogP contribution in [0.1, 0.15) is 49.2 Å². The Morgan fingerprint density at radius 3 is 2.58 bits per heavy atom. The van der Waals surface area contributed by atoms with E-state index in [1.165, 1.54) is 11.1 Å². The number of benzene rings is 2. The minimum atomic E-state index is 0.143. The number of hydrogen-bond acceptors (Lipinski definition) is 5. The van der Waals surface area contributed by atoms with E-state index in [4.69, 9.17) is 9.72 Å². The van der Waals surface area contributed by atoms with Gasteiger partial charge in [0.05, 0.1) is 22.1 Å². The zero-order chi connectivity index (χ0) is 20.6. The second-order valence-corrected chi connectivity index (χ2v) is 8.72. The van der Waals surface area contributed by atoms with E-state index in [2.05, 4.69) is 61.9 Å². The lowest BCUT2D eigenvalue weighted by molar-refractivity contribution is 0.0971. The lowest BCUT2D eigenvalue weighted by Gasteiger charge is -2.34. The maximum atomic E-state index is 6.03. The second-order valence-electron chi connectivity index (χ2n) is 8.72. The number of piperidine rings is 1. The van der Waals surface area contributed by atoms with Gasteiger partial charge in [-0.15, -0.1) is 0 Å². The summed E-state index contributed by atoms with van der Waals surface area (Å²) in [5.74, 6) is 1.13. The highest BCUT2D eigenvalue weighted by Gasteiger charge is 2.29. The van der Waals surface area contributed by atoms with E-state index >= 15 is 0 Å². The summed E-state index contributed by atoms with van der Waals surface area (Å²) in [5.41, 5.74) is 5.58. The molecular weight excluding hydrogens is 386 g/mol. The van der Waals surface area contributed by atoms with Crippen molar-refractivity contribution in [2.45, 2.75) is 44.4 Å². The Morgan fingerprint density at radius 1 is 0.903 bits per heavy atom. The van der Waals surface area contributed by atoms with Crippen molar-refractivity contribution in [1.29, 1.82) is 0 Å². The molecule has 158 valence electrons. The molecule has 0 spiro atoms. The highest BCUT2D eigenvalue weighted by molar-refractivity contribution is 5.76. The second kappa shape index (κ2) is 8.02. The first kappa shape index (κ1) is 18.9. The van der Waals surface area contributed by atoms with Crippen LogP contribution in [-0.4, -0.2) is 44.1 Å². The molecule has 2 saturated heterocycles. The van der Waals surface area contributed by atoms with Crippen molar-refractivity contribution in [2.75, 3.05) is 19.7 Å². The van der Waals surface area contributed by atoms with Crippen molar-refractivity contribution in [3.63, 3.8) is 0 Å². The number of rotatable bonds is 4. The maximum absolute atomic E-state index is 6.03.